The molecule has 186 valence electrons. The molecule has 3 aromatic carbocycles. The van der Waals surface area contributed by atoms with Gasteiger partial charge in [0, 0.05) is 36.2 Å². The SMILES string of the molecule is CC(=O)Nc1ccc(Cn2c(=O)c(C(C)C)nc3c(F)c(NCc4ccccc4Cl)c(F)cc32)cc1. The number of anilines is 2. The van der Waals surface area contributed by atoms with Crippen molar-refractivity contribution in [3.8, 4) is 0 Å². The van der Waals surface area contributed by atoms with Crippen molar-refractivity contribution in [1.82, 2.24) is 9.55 Å². The Bertz CT molecular complexity index is 1500. The lowest BCUT2D eigenvalue weighted by molar-refractivity contribution is -0.114. The van der Waals surface area contributed by atoms with Gasteiger partial charge in [-0.3, -0.25) is 9.59 Å². The number of fused-ring (bicyclic) bond motifs is 1. The van der Waals surface area contributed by atoms with Crippen LogP contribution in [0.3, 0.4) is 0 Å². The van der Waals surface area contributed by atoms with Gasteiger partial charge in [0.2, 0.25) is 5.91 Å². The summed E-state index contributed by atoms with van der Waals surface area (Å²) in [7, 11) is 0. The van der Waals surface area contributed by atoms with Crippen LogP contribution >= 0.6 is 11.6 Å². The van der Waals surface area contributed by atoms with Crippen molar-refractivity contribution in [2.75, 3.05) is 10.6 Å². The third kappa shape index (κ3) is 5.23. The van der Waals surface area contributed by atoms with Crippen molar-refractivity contribution in [2.24, 2.45) is 0 Å². The minimum absolute atomic E-state index is 0.0497. The van der Waals surface area contributed by atoms with Crippen molar-refractivity contribution in [3.05, 3.63) is 98.4 Å². The van der Waals surface area contributed by atoms with E-state index in [1.807, 2.05) is 0 Å². The first-order chi connectivity index (χ1) is 17.2. The molecule has 0 saturated carbocycles. The second kappa shape index (κ2) is 10.5. The highest BCUT2D eigenvalue weighted by atomic mass is 35.5. The molecule has 0 aliphatic rings. The van der Waals surface area contributed by atoms with Crippen molar-refractivity contribution < 1.29 is 13.6 Å². The number of carbonyl (C=O) groups is 1. The Morgan fingerprint density at radius 2 is 1.81 bits per heavy atom. The van der Waals surface area contributed by atoms with Crippen LogP contribution in [-0.2, 0) is 17.9 Å². The van der Waals surface area contributed by atoms with E-state index in [9.17, 15) is 9.59 Å². The van der Waals surface area contributed by atoms with Gasteiger partial charge in [0.15, 0.2) is 11.6 Å². The maximum atomic E-state index is 15.6. The number of hydrogen-bond donors (Lipinski definition) is 2. The molecule has 0 bridgehead atoms. The monoisotopic (exact) mass is 510 g/mol. The van der Waals surface area contributed by atoms with Gasteiger partial charge in [-0.05, 0) is 29.3 Å². The summed E-state index contributed by atoms with van der Waals surface area (Å²) in [6.45, 7) is 5.17. The molecule has 0 atom stereocenters. The van der Waals surface area contributed by atoms with E-state index in [2.05, 4.69) is 15.6 Å². The lowest BCUT2D eigenvalue weighted by Crippen LogP contribution is -2.27. The lowest BCUT2D eigenvalue weighted by Gasteiger charge is -2.17. The zero-order valence-corrected chi connectivity index (χ0v) is 20.8. The molecule has 9 heteroatoms. The molecule has 0 saturated heterocycles. The summed E-state index contributed by atoms with van der Waals surface area (Å²) in [6.07, 6.45) is 0. The number of nitrogens with zero attached hydrogens (tertiary/aromatic N) is 2. The molecule has 0 unspecified atom stereocenters. The third-order valence-electron chi connectivity index (χ3n) is 5.73. The first-order valence-electron chi connectivity index (χ1n) is 11.4. The summed E-state index contributed by atoms with van der Waals surface area (Å²) in [6, 6.07) is 15.0. The summed E-state index contributed by atoms with van der Waals surface area (Å²) < 4.78 is 32.1. The zero-order chi connectivity index (χ0) is 26.0. The van der Waals surface area contributed by atoms with E-state index < -0.39 is 17.2 Å². The number of amides is 1. The standard InChI is InChI=1S/C27H25ClF2N4O2/c1-15(2)24-27(36)34(14-17-8-10-19(11-9-17)32-16(3)35)22-12-21(29)25(23(30)26(22)33-24)31-13-18-6-4-5-7-20(18)28/h4-12,15,31H,13-14H2,1-3H3,(H,32,35). The van der Waals surface area contributed by atoms with Crippen LogP contribution in [-0.4, -0.2) is 15.5 Å². The van der Waals surface area contributed by atoms with E-state index in [-0.39, 0.29) is 47.3 Å². The van der Waals surface area contributed by atoms with Gasteiger partial charge in [0.25, 0.3) is 5.56 Å². The van der Waals surface area contributed by atoms with E-state index >= 15 is 8.78 Å². The van der Waals surface area contributed by atoms with Gasteiger partial charge in [-0.25, -0.2) is 13.8 Å². The number of hydrogen-bond acceptors (Lipinski definition) is 4. The number of nitrogens with one attached hydrogen (secondary N) is 2. The van der Waals surface area contributed by atoms with E-state index in [0.717, 1.165) is 11.6 Å². The molecular formula is C27H25ClF2N4O2. The van der Waals surface area contributed by atoms with E-state index in [0.29, 0.717) is 16.3 Å². The smallest absolute Gasteiger partial charge is 0.273 e. The van der Waals surface area contributed by atoms with Gasteiger partial charge < -0.3 is 15.2 Å². The Balaban J connectivity index is 1.78. The summed E-state index contributed by atoms with van der Waals surface area (Å²) in [4.78, 5) is 28.8. The Labute approximate surface area is 211 Å². The van der Waals surface area contributed by atoms with Crippen molar-refractivity contribution in [2.45, 2.75) is 39.8 Å². The van der Waals surface area contributed by atoms with Gasteiger partial charge in [-0.2, -0.15) is 0 Å². The molecule has 0 aliphatic carbocycles. The Hall–Kier alpha value is -3.78. The van der Waals surface area contributed by atoms with Crippen LogP contribution in [0.5, 0.6) is 0 Å². The Morgan fingerprint density at radius 3 is 2.44 bits per heavy atom. The third-order valence-corrected chi connectivity index (χ3v) is 6.10. The maximum Gasteiger partial charge on any atom is 0.273 e. The highest BCUT2D eigenvalue weighted by molar-refractivity contribution is 6.31. The molecule has 0 aliphatic heterocycles. The molecule has 0 radical (unpaired) electrons. The maximum absolute atomic E-state index is 15.6. The fourth-order valence-corrected chi connectivity index (χ4v) is 4.13. The molecule has 1 aromatic heterocycles. The molecule has 0 spiro atoms. The predicted molar refractivity (Wildman–Crippen MR) is 139 cm³/mol. The first kappa shape index (κ1) is 25.3. The highest BCUT2D eigenvalue weighted by Gasteiger charge is 2.21. The molecule has 2 N–H and O–H groups in total. The number of halogens is 3. The normalized spacial score (nSPS) is 11.2. The summed E-state index contributed by atoms with van der Waals surface area (Å²) in [5.74, 6) is -2.21. The van der Waals surface area contributed by atoms with Gasteiger partial charge in [-0.1, -0.05) is 55.8 Å². The van der Waals surface area contributed by atoms with E-state index in [4.69, 9.17) is 11.6 Å². The largest absolute Gasteiger partial charge is 0.376 e. The van der Waals surface area contributed by atoms with Crippen molar-refractivity contribution >= 4 is 39.9 Å². The zero-order valence-electron chi connectivity index (χ0n) is 20.0. The minimum Gasteiger partial charge on any atom is -0.376 e. The van der Waals surface area contributed by atoms with Gasteiger partial charge in [-0.15, -0.1) is 0 Å². The van der Waals surface area contributed by atoms with E-state index in [1.54, 1.807) is 62.4 Å². The number of benzene rings is 3. The highest BCUT2D eigenvalue weighted by Crippen LogP contribution is 2.29. The lowest BCUT2D eigenvalue weighted by atomic mass is 10.1. The molecule has 1 heterocycles. The number of aromatic nitrogens is 2. The summed E-state index contributed by atoms with van der Waals surface area (Å²) in [5.41, 5.74) is 1.38. The van der Waals surface area contributed by atoms with Crippen molar-refractivity contribution in [1.29, 1.82) is 0 Å². The topological polar surface area (TPSA) is 76.0 Å². The summed E-state index contributed by atoms with van der Waals surface area (Å²) >= 11 is 6.17. The molecule has 0 fully saturated rings. The number of rotatable bonds is 7. The minimum atomic E-state index is -0.881. The van der Waals surface area contributed by atoms with Crippen LogP contribution in [0.1, 0.15) is 43.5 Å². The van der Waals surface area contributed by atoms with Crippen LogP contribution in [0.2, 0.25) is 5.02 Å². The molecule has 4 rings (SSSR count). The summed E-state index contributed by atoms with van der Waals surface area (Å²) in [5, 5.41) is 5.94. The molecule has 6 nitrogen and oxygen atoms in total. The molecular weight excluding hydrogens is 486 g/mol. The first-order valence-corrected chi connectivity index (χ1v) is 11.8. The van der Waals surface area contributed by atoms with Crippen LogP contribution in [0.25, 0.3) is 11.0 Å². The van der Waals surface area contributed by atoms with Crippen LogP contribution in [0, 0.1) is 11.6 Å². The molecule has 1 amide bonds. The number of carbonyl (C=O) groups excluding carboxylic acids is 1. The fourth-order valence-electron chi connectivity index (χ4n) is 3.92. The van der Waals surface area contributed by atoms with Crippen LogP contribution < -0.4 is 16.2 Å². The Kier molecular flexibility index (Phi) is 7.35. The second-order valence-corrected chi connectivity index (χ2v) is 9.19. The molecule has 4 aromatic rings. The van der Waals surface area contributed by atoms with E-state index in [1.165, 1.54) is 11.5 Å². The van der Waals surface area contributed by atoms with Crippen molar-refractivity contribution in [3.63, 3.8) is 0 Å². The van der Waals surface area contributed by atoms with Gasteiger partial charge >= 0.3 is 0 Å². The van der Waals surface area contributed by atoms with Gasteiger partial charge in [0.05, 0.1) is 12.1 Å². The average molecular weight is 511 g/mol. The quantitative estimate of drug-likeness (QED) is 0.316. The van der Waals surface area contributed by atoms with Crippen LogP contribution in [0.4, 0.5) is 20.2 Å². The second-order valence-electron chi connectivity index (χ2n) is 8.78. The molecule has 36 heavy (non-hydrogen) atoms. The predicted octanol–water partition coefficient (Wildman–Crippen LogP) is 6.07. The Morgan fingerprint density at radius 1 is 1.11 bits per heavy atom. The average Bonchev–Trinajstić information content (AvgIpc) is 2.82. The fraction of sp³-hybridized carbons (Fsp3) is 0.222. The van der Waals surface area contributed by atoms with Crippen LogP contribution in [0.15, 0.2) is 59.4 Å². The van der Waals surface area contributed by atoms with Gasteiger partial charge in [0.1, 0.15) is 16.9 Å².